The molecule has 4 nitrogen and oxygen atoms in total. The van der Waals surface area contributed by atoms with Gasteiger partial charge in [0.1, 0.15) is 0 Å². The molecule has 4 heteroatoms. The highest BCUT2D eigenvalue weighted by molar-refractivity contribution is 6.11. The minimum absolute atomic E-state index is 0.333. The van der Waals surface area contributed by atoms with E-state index >= 15 is 0 Å². The van der Waals surface area contributed by atoms with Crippen molar-refractivity contribution in [3.63, 3.8) is 0 Å². The van der Waals surface area contributed by atoms with Crippen molar-refractivity contribution in [1.82, 2.24) is 0 Å². The normalized spacial score (nSPS) is 12.5. The number of aliphatic carboxylic acids is 1. The summed E-state index contributed by atoms with van der Waals surface area (Å²) in [4.78, 5) is 22.1. The average Bonchev–Trinajstić information content (AvgIpc) is 2.27. The highest BCUT2D eigenvalue weighted by Crippen LogP contribution is 2.15. The van der Waals surface area contributed by atoms with E-state index in [-0.39, 0.29) is 0 Å². The molecule has 0 bridgehead atoms. The van der Waals surface area contributed by atoms with E-state index in [9.17, 15) is 9.59 Å². The first-order valence-corrected chi connectivity index (χ1v) is 5.06. The van der Waals surface area contributed by atoms with Crippen LogP contribution in [-0.2, 0) is 4.79 Å². The van der Waals surface area contributed by atoms with Gasteiger partial charge in [0, 0.05) is 5.56 Å². The van der Waals surface area contributed by atoms with Gasteiger partial charge in [0.25, 0.3) is 0 Å². The molecular formula is C12H15NO3. The summed E-state index contributed by atoms with van der Waals surface area (Å²) in [6.45, 7) is 4.08. The molecule has 0 radical (unpaired) electrons. The molecule has 0 spiro atoms. The van der Waals surface area contributed by atoms with Crippen LogP contribution in [0.5, 0.6) is 0 Å². The standard InChI is InChI=1S/C12H15NO3/c1-7(2)8-3-5-9(6-4-8)11(14)10(13)12(15)16/h3-7,10H,13H2,1-2H3,(H,15,16). The van der Waals surface area contributed by atoms with Crippen molar-refractivity contribution in [2.75, 3.05) is 0 Å². The van der Waals surface area contributed by atoms with E-state index in [1.165, 1.54) is 0 Å². The first kappa shape index (κ1) is 12.4. The second-order valence-corrected chi connectivity index (χ2v) is 3.96. The first-order valence-electron chi connectivity index (χ1n) is 5.06. The fourth-order valence-corrected chi connectivity index (χ4v) is 1.32. The van der Waals surface area contributed by atoms with Gasteiger partial charge in [-0.25, -0.2) is 0 Å². The number of rotatable bonds is 4. The van der Waals surface area contributed by atoms with Crippen LogP contribution in [0.4, 0.5) is 0 Å². The predicted octanol–water partition coefficient (Wildman–Crippen LogP) is 1.40. The Labute approximate surface area is 94.1 Å². The number of nitrogens with two attached hydrogens (primary N) is 1. The van der Waals surface area contributed by atoms with Crippen LogP contribution in [0, 0.1) is 0 Å². The van der Waals surface area contributed by atoms with Gasteiger partial charge in [-0.1, -0.05) is 38.1 Å². The second kappa shape index (κ2) is 4.90. The lowest BCUT2D eigenvalue weighted by Gasteiger charge is -2.08. The van der Waals surface area contributed by atoms with Crippen molar-refractivity contribution in [3.05, 3.63) is 35.4 Å². The topological polar surface area (TPSA) is 80.4 Å². The van der Waals surface area contributed by atoms with E-state index in [1.54, 1.807) is 12.1 Å². The smallest absolute Gasteiger partial charge is 0.328 e. The van der Waals surface area contributed by atoms with Crippen LogP contribution in [-0.4, -0.2) is 22.9 Å². The SMILES string of the molecule is CC(C)c1ccc(C(=O)C(N)C(=O)O)cc1. The molecule has 0 heterocycles. The van der Waals surface area contributed by atoms with Crippen LogP contribution in [0.2, 0.25) is 0 Å². The van der Waals surface area contributed by atoms with Crippen LogP contribution in [0.15, 0.2) is 24.3 Å². The molecule has 1 atom stereocenters. The van der Waals surface area contributed by atoms with E-state index < -0.39 is 17.8 Å². The second-order valence-electron chi connectivity index (χ2n) is 3.96. The maximum atomic E-state index is 11.6. The van der Waals surface area contributed by atoms with Gasteiger partial charge in [0.15, 0.2) is 11.8 Å². The van der Waals surface area contributed by atoms with E-state index in [4.69, 9.17) is 10.8 Å². The zero-order valence-corrected chi connectivity index (χ0v) is 9.31. The van der Waals surface area contributed by atoms with E-state index in [0.717, 1.165) is 5.56 Å². The lowest BCUT2D eigenvalue weighted by atomic mass is 9.98. The number of carbonyl (C=O) groups excluding carboxylic acids is 1. The van der Waals surface area contributed by atoms with Crippen molar-refractivity contribution < 1.29 is 14.7 Å². The molecule has 1 aromatic carbocycles. The Morgan fingerprint density at radius 1 is 1.19 bits per heavy atom. The maximum Gasteiger partial charge on any atom is 0.328 e. The minimum Gasteiger partial charge on any atom is -0.480 e. The molecular weight excluding hydrogens is 206 g/mol. The van der Waals surface area contributed by atoms with Gasteiger partial charge in [-0.15, -0.1) is 0 Å². The summed E-state index contributed by atoms with van der Waals surface area (Å²) in [5.41, 5.74) is 6.67. The van der Waals surface area contributed by atoms with Crippen LogP contribution >= 0.6 is 0 Å². The molecule has 16 heavy (non-hydrogen) atoms. The summed E-state index contributed by atoms with van der Waals surface area (Å²) in [6.07, 6.45) is 0. The largest absolute Gasteiger partial charge is 0.480 e. The summed E-state index contributed by atoms with van der Waals surface area (Å²) < 4.78 is 0. The number of hydrogen-bond acceptors (Lipinski definition) is 3. The molecule has 0 saturated heterocycles. The summed E-state index contributed by atoms with van der Waals surface area (Å²) in [5, 5.41) is 8.61. The quantitative estimate of drug-likeness (QED) is 0.595. The first-order chi connectivity index (χ1) is 7.43. The number of benzene rings is 1. The third-order valence-corrected chi connectivity index (χ3v) is 2.41. The zero-order chi connectivity index (χ0) is 12.3. The fourth-order valence-electron chi connectivity index (χ4n) is 1.32. The Kier molecular flexibility index (Phi) is 3.79. The molecule has 3 N–H and O–H groups in total. The molecule has 0 amide bonds. The van der Waals surface area contributed by atoms with Gasteiger partial charge in [-0.05, 0) is 11.5 Å². The van der Waals surface area contributed by atoms with Crippen LogP contribution in [0.1, 0.15) is 35.7 Å². The maximum absolute atomic E-state index is 11.6. The van der Waals surface area contributed by atoms with E-state index in [2.05, 4.69) is 0 Å². The number of carboxylic acids is 1. The van der Waals surface area contributed by atoms with Gasteiger partial charge >= 0.3 is 5.97 Å². The molecule has 1 aromatic rings. The molecule has 0 aliphatic rings. The Hall–Kier alpha value is -1.68. The number of Topliss-reactive ketones (excluding diaryl/α,β-unsaturated/α-hetero) is 1. The average molecular weight is 221 g/mol. The van der Waals surface area contributed by atoms with Crippen LogP contribution in [0.25, 0.3) is 0 Å². The van der Waals surface area contributed by atoms with Crippen LogP contribution < -0.4 is 5.73 Å². The molecule has 0 aliphatic heterocycles. The van der Waals surface area contributed by atoms with Crippen molar-refractivity contribution in [2.24, 2.45) is 5.73 Å². The molecule has 0 fully saturated rings. The van der Waals surface area contributed by atoms with Crippen molar-refractivity contribution in [2.45, 2.75) is 25.8 Å². The summed E-state index contributed by atoms with van der Waals surface area (Å²) in [6, 6.07) is 5.37. The molecule has 86 valence electrons. The predicted molar refractivity (Wildman–Crippen MR) is 60.5 cm³/mol. The zero-order valence-electron chi connectivity index (χ0n) is 9.31. The molecule has 0 saturated carbocycles. The number of hydrogen-bond donors (Lipinski definition) is 2. The minimum atomic E-state index is -1.48. The monoisotopic (exact) mass is 221 g/mol. The lowest BCUT2D eigenvalue weighted by molar-refractivity contribution is -0.137. The Bertz CT molecular complexity index is 395. The van der Waals surface area contributed by atoms with E-state index in [0.29, 0.717) is 11.5 Å². The van der Waals surface area contributed by atoms with Gasteiger partial charge < -0.3 is 10.8 Å². The van der Waals surface area contributed by atoms with E-state index in [1.807, 2.05) is 26.0 Å². The van der Waals surface area contributed by atoms with Gasteiger partial charge in [0.05, 0.1) is 0 Å². The number of ketones is 1. The van der Waals surface area contributed by atoms with Crippen LogP contribution in [0.3, 0.4) is 0 Å². The highest BCUT2D eigenvalue weighted by atomic mass is 16.4. The lowest BCUT2D eigenvalue weighted by Crippen LogP contribution is -2.38. The molecule has 1 unspecified atom stereocenters. The number of carbonyl (C=O) groups is 2. The summed E-state index contributed by atoms with van der Waals surface area (Å²) in [5.74, 6) is -1.50. The van der Waals surface area contributed by atoms with Crippen molar-refractivity contribution in [3.8, 4) is 0 Å². The third-order valence-electron chi connectivity index (χ3n) is 2.41. The highest BCUT2D eigenvalue weighted by Gasteiger charge is 2.22. The Morgan fingerprint density at radius 2 is 1.69 bits per heavy atom. The molecule has 1 rings (SSSR count). The Balaban J connectivity index is 2.90. The summed E-state index contributed by atoms with van der Waals surface area (Å²) >= 11 is 0. The molecule has 0 aliphatic carbocycles. The van der Waals surface area contributed by atoms with Gasteiger partial charge in [0.2, 0.25) is 0 Å². The van der Waals surface area contributed by atoms with Crippen molar-refractivity contribution in [1.29, 1.82) is 0 Å². The van der Waals surface area contributed by atoms with Gasteiger partial charge in [-0.3, -0.25) is 9.59 Å². The number of carboxylic acid groups (broad SMARTS) is 1. The van der Waals surface area contributed by atoms with Crippen molar-refractivity contribution >= 4 is 11.8 Å². The fraction of sp³-hybridized carbons (Fsp3) is 0.333. The third kappa shape index (κ3) is 2.67. The molecule has 0 aromatic heterocycles. The Morgan fingerprint density at radius 3 is 2.06 bits per heavy atom. The van der Waals surface area contributed by atoms with Gasteiger partial charge in [-0.2, -0.15) is 0 Å². The summed E-state index contributed by atoms with van der Waals surface area (Å²) in [7, 11) is 0.